The van der Waals surface area contributed by atoms with Gasteiger partial charge in [0.25, 0.3) is 0 Å². The number of ether oxygens (including phenoxy) is 2. The van der Waals surface area contributed by atoms with Gasteiger partial charge < -0.3 is 14.8 Å². The van der Waals surface area contributed by atoms with Crippen LogP contribution < -0.4 is 14.8 Å². The van der Waals surface area contributed by atoms with Crippen molar-refractivity contribution in [3.05, 3.63) is 23.8 Å². The lowest BCUT2D eigenvalue weighted by atomic mass is 10.1. The molecule has 1 atom stereocenters. The lowest BCUT2D eigenvalue weighted by Gasteiger charge is -2.17. The second-order valence-corrected chi connectivity index (χ2v) is 5.05. The molecule has 0 heterocycles. The third-order valence-corrected chi connectivity index (χ3v) is 3.04. The average Bonchev–Trinajstić information content (AvgIpc) is 2.44. The monoisotopic (exact) mass is 275 g/mol. The molecule has 0 aliphatic carbocycles. The summed E-state index contributed by atoms with van der Waals surface area (Å²) in [5.74, 6) is 4.25. The van der Waals surface area contributed by atoms with Crippen molar-refractivity contribution >= 4 is 0 Å². The van der Waals surface area contributed by atoms with Crippen molar-refractivity contribution in [2.45, 2.75) is 52.3 Å². The summed E-state index contributed by atoms with van der Waals surface area (Å²) in [6.07, 6.45) is 7.27. The number of benzene rings is 1. The van der Waals surface area contributed by atoms with Crippen molar-refractivity contribution in [1.82, 2.24) is 5.32 Å². The van der Waals surface area contributed by atoms with Crippen LogP contribution in [0.3, 0.4) is 0 Å². The van der Waals surface area contributed by atoms with Gasteiger partial charge in [-0.2, -0.15) is 0 Å². The molecular formula is C17H25NO2. The van der Waals surface area contributed by atoms with E-state index in [9.17, 15) is 0 Å². The van der Waals surface area contributed by atoms with E-state index in [1.807, 2.05) is 26.0 Å². The Morgan fingerprint density at radius 2 is 2.05 bits per heavy atom. The molecule has 0 saturated heterocycles. The fourth-order valence-corrected chi connectivity index (χ4v) is 1.94. The molecule has 3 heteroatoms. The van der Waals surface area contributed by atoms with E-state index < -0.39 is 0 Å². The predicted molar refractivity (Wildman–Crippen MR) is 83.1 cm³/mol. The van der Waals surface area contributed by atoms with Crippen LogP contribution in [0.25, 0.3) is 0 Å². The Bertz CT molecular complexity index is 449. The Hall–Kier alpha value is -1.66. The van der Waals surface area contributed by atoms with Gasteiger partial charge >= 0.3 is 0 Å². The first-order chi connectivity index (χ1) is 9.60. The quantitative estimate of drug-likeness (QED) is 0.738. The van der Waals surface area contributed by atoms with E-state index in [4.69, 9.17) is 15.9 Å². The highest BCUT2D eigenvalue weighted by atomic mass is 16.5. The van der Waals surface area contributed by atoms with Crippen LogP contribution in [0.2, 0.25) is 0 Å². The van der Waals surface area contributed by atoms with Crippen LogP contribution in [-0.4, -0.2) is 19.3 Å². The van der Waals surface area contributed by atoms with Crippen molar-refractivity contribution in [2.24, 2.45) is 0 Å². The molecule has 20 heavy (non-hydrogen) atoms. The molecule has 1 N–H and O–H groups in total. The van der Waals surface area contributed by atoms with Crippen LogP contribution in [0.1, 0.15) is 39.2 Å². The minimum atomic E-state index is 0.132. The summed E-state index contributed by atoms with van der Waals surface area (Å²) < 4.78 is 11.1. The first-order valence-corrected chi connectivity index (χ1v) is 7.11. The molecule has 110 valence electrons. The number of methoxy groups -OCH3 is 1. The van der Waals surface area contributed by atoms with Crippen LogP contribution in [0.15, 0.2) is 18.2 Å². The SMILES string of the molecule is C#CCC(CC)NCc1ccc(OC(C)C)c(OC)c1. The molecule has 0 radical (unpaired) electrons. The van der Waals surface area contributed by atoms with Crippen molar-refractivity contribution < 1.29 is 9.47 Å². The summed E-state index contributed by atoms with van der Waals surface area (Å²) >= 11 is 0. The van der Waals surface area contributed by atoms with Gasteiger partial charge in [0.05, 0.1) is 13.2 Å². The topological polar surface area (TPSA) is 30.5 Å². The van der Waals surface area contributed by atoms with E-state index in [0.717, 1.165) is 36.4 Å². The Morgan fingerprint density at radius 3 is 2.60 bits per heavy atom. The summed E-state index contributed by atoms with van der Waals surface area (Å²) in [6.45, 7) is 6.91. The summed E-state index contributed by atoms with van der Waals surface area (Å²) in [5, 5.41) is 3.46. The molecule has 3 nitrogen and oxygen atoms in total. The smallest absolute Gasteiger partial charge is 0.161 e. The van der Waals surface area contributed by atoms with Crippen molar-refractivity contribution in [2.75, 3.05) is 7.11 Å². The minimum absolute atomic E-state index is 0.132. The van der Waals surface area contributed by atoms with E-state index in [2.05, 4.69) is 24.2 Å². The Balaban J connectivity index is 2.70. The first kappa shape index (κ1) is 16.4. The van der Waals surface area contributed by atoms with Crippen LogP contribution in [0.5, 0.6) is 11.5 Å². The Labute approximate surface area is 122 Å². The molecule has 1 aromatic carbocycles. The molecule has 0 bridgehead atoms. The van der Waals surface area contributed by atoms with Gasteiger partial charge in [-0.1, -0.05) is 13.0 Å². The highest BCUT2D eigenvalue weighted by Gasteiger charge is 2.09. The maximum atomic E-state index is 5.70. The molecule has 0 aliphatic rings. The summed E-state index contributed by atoms with van der Waals surface area (Å²) in [5.41, 5.74) is 1.16. The molecular weight excluding hydrogens is 250 g/mol. The van der Waals surface area contributed by atoms with E-state index in [-0.39, 0.29) is 6.10 Å². The van der Waals surface area contributed by atoms with Crippen LogP contribution in [0, 0.1) is 12.3 Å². The van der Waals surface area contributed by atoms with Crippen molar-refractivity contribution in [3.8, 4) is 23.8 Å². The van der Waals surface area contributed by atoms with Crippen molar-refractivity contribution in [1.29, 1.82) is 0 Å². The summed E-state index contributed by atoms with van der Waals surface area (Å²) in [6, 6.07) is 6.37. The zero-order valence-electron chi connectivity index (χ0n) is 12.9. The van der Waals surface area contributed by atoms with Gasteiger partial charge in [-0.15, -0.1) is 12.3 Å². The lowest BCUT2D eigenvalue weighted by Crippen LogP contribution is -2.27. The molecule has 0 amide bonds. The van der Waals surface area contributed by atoms with Gasteiger partial charge in [0, 0.05) is 19.0 Å². The van der Waals surface area contributed by atoms with E-state index in [0.29, 0.717) is 6.04 Å². The number of hydrogen-bond acceptors (Lipinski definition) is 3. The second kappa shape index (κ2) is 8.50. The molecule has 0 spiro atoms. The summed E-state index contributed by atoms with van der Waals surface area (Å²) in [4.78, 5) is 0. The van der Waals surface area contributed by atoms with Crippen LogP contribution >= 0.6 is 0 Å². The number of nitrogens with one attached hydrogen (secondary N) is 1. The fourth-order valence-electron chi connectivity index (χ4n) is 1.94. The highest BCUT2D eigenvalue weighted by molar-refractivity contribution is 5.43. The van der Waals surface area contributed by atoms with Gasteiger partial charge in [-0.05, 0) is 38.0 Å². The normalized spacial score (nSPS) is 12.0. The maximum absolute atomic E-state index is 5.70. The Morgan fingerprint density at radius 1 is 1.30 bits per heavy atom. The fraction of sp³-hybridized carbons (Fsp3) is 0.529. The molecule has 0 saturated carbocycles. The molecule has 0 fully saturated rings. The van der Waals surface area contributed by atoms with E-state index in [1.54, 1.807) is 7.11 Å². The number of hydrogen-bond donors (Lipinski definition) is 1. The van der Waals surface area contributed by atoms with Crippen LogP contribution in [-0.2, 0) is 6.54 Å². The standard InChI is InChI=1S/C17H25NO2/c1-6-8-15(7-2)18-12-14-9-10-16(20-13(3)4)17(11-14)19-5/h1,9-11,13,15,18H,7-8,12H2,2-5H3. The van der Waals surface area contributed by atoms with Gasteiger partial charge in [0.2, 0.25) is 0 Å². The highest BCUT2D eigenvalue weighted by Crippen LogP contribution is 2.29. The van der Waals surface area contributed by atoms with Gasteiger partial charge in [0.15, 0.2) is 11.5 Å². The second-order valence-electron chi connectivity index (χ2n) is 5.05. The largest absolute Gasteiger partial charge is 0.493 e. The first-order valence-electron chi connectivity index (χ1n) is 7.11. The third kappa shape index (κ3) is 5.14. The van der Waals surface area contributed by atoms with Crippen molar-refractivity contribution in [3.63, 3.8) is 0 Å². The number of terminal acetylenes is 1. The predicted octanol–water partition coefficient (Wildman–Crippen LogP) is 3.37. The summed E-state index contributed by atoms with van der Waals surface area (Å²) in [7, 11) is 1.66. The Kier molecular flexibility index (Phi) is 6.97. The van der Waals surface area contributed by atoms with Gasteiger partial charge in [0.1, 0.15) is 0 Å². The average molecular weight is 275 g/mol. The van der Waals surface area contributed by atoms with E-state index in [1.165, 1.54) is 0 Å². The van der Waals surface area contributed by atoms with Gasteiger partial charge in [-0.3, -0.25) is 0 Å². The maximum Gasteiger partial charge on any atom is 0.161 e. The number of rotatable bonds is 8. The zero-order chi connectivity index (χ0) is 15.0. The van der Waals surface area contributed by atoms with Gasteiger partial charge in [-0.25, -0.2) is 0 Å². The molecule has 1 aromatic rings. The molecule has 0 aliphatic heterocycles. The molecule has 1 unspecified atom stereocenters. The van der Waals surface area contributed by atoms with Crippen LogP contribution in [0.4, 0.5) is 0 Å². The van der Waals surface area contributed by atoms with E-state index >= 15 is 0 Å². The molecule has 0 aromatic heterocycles. The zero-order valence-corrected chi connectivity index (χ0v) is 12.9. The lowest BCUT2D eigenvalue weighted by molar-refractivity contribution is 0.230. The minimum Gasteiger partial charge on any atom is -0.493 e. The molecule has 1 rings (SSSR count). The third-order valence-electron chi connectivity index (χ3n) is 3.04.